The Morgan fingerprint density at radius 1 is 1.42 bits per heavy atom. The summed E-state index contributed by atoms with van der Waals surface area (Å²) < 4.78 is 25.8. The molecule has 1 aromatic carbocycles. The average molecular weight is 286 g/mol. The molecule has 1 amide bonds. The molecular weight excluding hydrogens is 272 g/mol. The molecule has 1 aromatic rings. The van der Waals surface area contributed by atoms with Crippen LogP contribution in [0.3, 0.4) is 0 Å². The van der Waals surface area contributed by atoms with E-state index >= 15 is 0 Å². The van der Waals surface area contributed by atoms with E-state index < -0.39 is 37.4 Å². The summed E-state index contributed by atoms with van der Waals surface area (Å²) >= 11 is 0. The highest BCUT2D eigenvalue weighted by Crippen LogP contribution is 2.22. The number of hydrogen-bond donors (Lipinski definition) is 1. The van der Waals surface area contributed by atoms with Gasteiger partial charge in [0.25, 0.3) is 15.7 Å². The predicted molar refractivity (Wildman–Crippen MR) is 67.9 cm³/mol. The number of nitro groups is 1. The van der Waals surface area contributed by atoms with Gasteiger partial charge in [-0.2, -0.15) is 0 Å². The molecule has 0 aliphatic rings. The van der Waals surface area contributed by atoms with Crippen molar-refractivity contribution in [3.63, 3.8) is 0 Å². The Hall–Kier alpha value is -1.96. The number of sulfonamides is 1. The first-order chi connectivity index (χ1) is 8.79. The molecule has 0 spiro atoms. The monoisotopic (exact) mass is 286 g/mol. The summed E-state index contributed by atoms with van der Waals surface area (Å²) in [5, 5.41) is 10.8. The van der Waals surface area contributed by atoms with Crippen molar-refractivity contribution in [1.29, 1.82) is 0 Å². The average Bonchev–Trinajstić information content (AvgIpc) is 2.37. The van der Waals surface area contributed by atoms with Crippen LogP contribution in [0.4, 0.5) is 5.69 Å². The third-order valence-corrected chi connectivity index (χ3v) is 4.04. The molecule has 0 saturated heterocycles. The quantitative estimate of drug-likeness (QED) is 0.651. The van der Waals surface area contributed by atoms with Crippen molar-refractivity contribution in [2.75, 3.05) is 0 Å². The van der Waals surface area contributed by atoms with Gasteiger partial charge < -0.3 is 0 Å². The molecular formula is C11H14N2O5S. The molecule has 0 bridgehead atoms. The Bertz CT molecular complexity index is 597. The van der Waals surface area contributed by atoms with Crippen LogP contribution in [-0.4, -0.2) is 19.2 Å². The first-order valence-corrected chi connectivity index (χ1v) is 7.08. The summed E-state index contributed by atoms with van der Waals surface area (Å²) in [7, 11) is -4.23. The van der Waals surface area contributed by atoms with Crippen LogP contribution in [0.15, 0.2) is 29.2 Å². The fraction of sp³-hybridized carbons (Fsp3) is 0.364. The zero-order valence-corrected chi connectivity index (χ0v) is 11.3. The maximum atomic E-state index is 12.0. The lowest BCUT2D eigenvalue weighted by Gasteiger charge is -2.10. The Labute approximate surface area is 110 Å². The first-order valence-electron chi connectivity index (χ1n) is 5.59. The minimum atomic E-state index is -4.23. The lowest BCUT2D eigenvalue weighted by molar-refractivity contribution is -0.387. The molecule has 0 fully saturated rings. The number of carbonyl (C=O) groups is 1. The molecule has 104 valence electrons. The van der Waals surface area contributed by atoms with Gasteiger partial charge in [0.2, 0.25) is 5.91 Å². The highest BCUT2D eigenvalue weighted by Gasteiger charge is 2.27. The van der Waals surface area contributed by atoms with E-state index in [1.165, 1.54) is 12.1 Å². The van der Waals surface area contributed by atoms with Gasteiger partial charge in [0, 0.05) is 12.0 Å². The van der Waals surface area contributed by atoms with Crippen molar-refractivity contribution < 1.29 is 18.1 Å². The summed E-state index contributed by atoms with van der Waals surface area (Å²) in [5.74, 6) is -1.17. The Balaban J connectivity index is 3.15. The molecule has 8 heteroatoms. The van der Waals surface area contributed by atoms with E-state index in [1.807, 2.05) is 4.72 Å². The number of nitrogens with zero attached hydrogens (tertiary/aromatic N) is 1. The summed E-state index contributed by atoms with van der Waals surface area (Å²) in [5.41, 5.74) is -0.563. The Kier molecular flexibility index (Phi) is 4.60. The van der Waals surface area contributed by atoms with E-state index in [-0.39, 0.29) is 0 Å². The molecule has 0 aliphatic heterocycles. The van der Waals surface area contributed by atoms with Crippen molar-refractivity contribution >= 4 is 21.6 Å². The SMILES string of the molecule is CC[C@@H](C)C(=O)NS(=O)(=O)c1ccccc1[N+](=O)[O-]. The van der Waals surface area contributed by atoms with E-state index in [1.54, 1.807) is 13.8 Å². The van der Waals surface area contributed by atoms with Crippen LogP contribution in [-0.2, 0) is 14.8 Å². The molecule has 0 aliphatic carbocycles. The fourth-order valence-corrected chi connectivity index (χ4v) is 2.56. The Morgan fingerprint density at radius 2 is 2.00 bits per heavy atom. The molecule has 19 heavy (non-hydrogen) atoms. The standard InChI is InChI=1S/C11H14N2O5S/c1-3-8(2)11(14)12-19(17,18)10-7-5-4-6-9(10)13(15)16/h4-8H,3H2,1-2H3,(H,12,14)/t8-/m1/s1. The lowest BCUT2D eigenvalue weighted by Crippen LogP contribution is -2.34. The smallest absolute Gasteiger partial charge is 0.274 e. The van der Waals surface area contributed by atoms with Crippen LogP contribution in [0.25, 0.3) is 0 Å². The van der Waals surface area contributed by atoms with Gasteiger partial charge in [-0.05, 0) is 12.5 Å². The van der Waals surface area contributed by atoms with E-state index in [9.17, 15) is 23.3 Å². The number of benzene rings is 1. The van der Waals surface area contributed by atoms with Crippen LogP contribution in [0.2, 0.25) is 0 Å². The summed E-state index contributed by atoms with van der Waals surface area (Å²) in [6.07, 6.45) is 0.470. The molecule has 0 saturated carbocycles. The second kappa shape index (κ2) is 5.79. The number of hydrogen-bond acceptors (Lipinski definition) is 5. The number of carbonyl (C=O) groups excluding carboxylic acids is 1. The predicted octanol–water partition coefficient (Wildman–Crippen LogP) is 1.45. The second-order valence-corrected chi connectivity index (χ2v) is 5.65. The number of nitro benzene ring substituents is 1. The van der Waals surface area contributed by atoms with Gasteiger partial charge in [0.15, 0.2) is 4.90 Å². The van der Waals surface area contributed by atoms with E-state index in [2.05, 4.69) is 0 Å². The molecule has 7 nitrogen and oxygen atoms in total. The van der Waals surface area contributed by atoms with Gasteiger partial charge in [-0.15, -0.1) is 0 Å². The van der Waals surface area contributed by atoms with Crippen LogP contribution >= 0.6 is 0 Å². The van der Waals surface area contributed by atoms with E-state index in [0.717, 1.165) is 12.1 Å². The van der Waals surface area contributed by atoms with E-state index in [4.69, 9.17) is 0 Å². The van der Waals surface area contributed by atoms with Crippen molar-refractivity contribution in [2.45, 2.75) is 25.2 Å². The van der Waals surface area contributed by atoms with Gasteiger partial charge in [0.1, 0.15) is 0 Å². The first kappa shape index (κ1) is 15.1. The highest BCUT2D eigenvalue weighted by atomic mass is 32.2. The van der Waals surface area contributed by atoms with E-state index in [0.29, 0.717) is 6.42 Å². The maximum absolute atomic E-state index is 12.0. The Morgan fingerprint density at radius 3 is 2.53 bits per heavy atom. The van der Waals surface area contributed by atoms with Crippen LogP contribution in [0.1, 0.15) is 20.3 Å². The number of amides is 1. The zero-order valence-electron chi connectivity index (χ0n) is 10.5. The second-order valence-electron chi connectivity index (χ2n) is 4.00. The minimum absolute atomic E-state index is 0.470. The molecule has 0 heterocycles. The van der Waals surface area contributed by atoms with Gasteiger partial charge in [0.05, 0.1) is 4.92 Å². The van der Waals surface area contributed by atoms with Crippen LogP contribution in [0.5, 0.6) is 0 Å². The third-order valence-electron chi connectivity index (χ3n) is 2.65. The van der Waals surface area contributed by atoms with Crippen molar-refractivity contribution in [3.05, 3.63) is 34.4 Å². The summed E-state index contributed by atoms with van der Waals surface area (Å²) in [6.45, 7) is 3.31. The van der Waals surface area contributed by atoms with Crippen LogP contribution < -0.4 is 4.72 Å². The highest BCUT2D eigenvalue weighted by molar-refractivity contribution is 7.90. The minimum Gasteiger partial charge on any atom is -0.274 e. The molecule has 0 radical (unpaired) electrons. The number of nitrogens with one attached hydrogen (secondary N) is 1. The fourth-order valence-electron chi connectivity index (χ4n) is 1.31. The van der Waals surface area contributed by atoms with Gasteiger partial charge in [-0.3, -0.25) is 14.9 Å². The lowest BCUT2D eigenvalue weighted by atomic mass is 10.1. The zero-order chi connectivity index (χ0) is 14.6. The summed E-state index contributed by atoms with van der Waals surface area (Å²) in [6, 6.07) is 4.87. The van der Waals surface area contributed by atoms with Gasteiger partial charge in [-0.1, -0.05) is 26.0 Å². The van der Waals surface area contributed by atoms with Gasteiger partial charge >= 0.3 is 0 Å². The molecule has 0 unspecified atom stereocenters. The van der Waals surface area contributed by atoms with Crippen molar-refractivity contribution in [1.82, 2.24) is 4.72 Å². The van der Waals surface area contributed by atoms with Crippen LogP contribution in [0, 0.1) is 16.0 Å². The van der Waals surface area contributed by atoms with Crippen molar-refractivity contribution in [2.24, 2.45) is 5.92 Å². The number of rotatable bonds is 5. The van der Waals surface area contributed by atoms with Crippen molar-refractivity contribution in [3.8, 4) is 0 Å². The molecule has 1 N–H and O–H groups in total. The number of para-hydroxylation sites is 1. The molecule has 1 atom stereocenters. The maximum Gasteiger partial charge on any atom is 0.289 e. The largest absolute Gasteiger partial charge is 0.289 e. The topological polar surface area (TPSA) is 106 Å². The normalized spacial score (nSPS) is 12.7. The molecule has 1 rings (SSSR count). The third kappa shape index (κ3) is 3.50. The summed E-state index contributed by atoms with van der Waals surface area (Å²) in [4.78, 5) is 21.0. The molecule has 0 aromatic heterocycles. The van der Waals surface area contributed by atoms with Gasteiger partial charge in [-0.25, -0.2) is 13.1 Å².